The van der Waals surface area contributed by atoms with Crippen LogP contribution in [0.5, 0.6) is 0 Å². The van der Waals surface area contributed by atoms with Crippen molar-refractivity contribution in [3.63, 3.8) is 0 Å². The number of carboxylic acids is 1. The fourth-order valence-corrected chi connectivity index (χ4v) is 1.37. The molecule has 0 saturated carbocycles. The van der Waals surface area contributed by atoms with Gasteiger partial charge in [-0.1, -0.05) is 0 Å². The van der Waals surface area contributed by atoms with Crippen LogP contribution in [0.2, 0.25) is 0 Å². The highest BCUT2D eigenvalue weighted by Gasteiger charge is 2.24. The minimum Gasteiger partial charge on any atom is -0.480 e. The van der Waals surface area contributed by atoms with Gasteiger partial charge in [0.15, 0.2) is 0 Å². The van der Waals surface area contributed by atoms with E-state index in [9.17, 15) is 9.59 Å². The predicted octanol–water partition coefficient (Wildman–Crippen LogP) is -0.874. The molecule has 0 aromatic carbocycles. The molecule has 3 N–H and O–H groups in total. The van der Waals surface area contributed by atoms with Gasteiger partial charge in [-0.05, 0) is 0 Å². The Morgan fingerprint density at radius 1 is 1.62 bits per heavy atom. The van der Waals surface area contributed by atoms with Gasteiger partial charge < -0.3 is 15.7 Å². The van der Waals surface area contributed by atoms with Gasteiger partial charge in [0.2, 0.25) is 5.91 Å². The van der Waals surface area contributed by atoms with Crippen molar-refractivity contribution in [1.29, 1.82) is 0 Å². The van der Waals surface area contributed by atoms with E-state index in [4.69, 9.17) is 5.11 Å². The maximum atomic E-state index is 11.5. The lowest BCUT2D eigenvalue weighted by molar-refractivity contribution is -0.137. The number of nitrogens with one attached hydrogen (secondary N) is 2. The van der Waals surface area contributed by atoms with E-state index in [0.717, 1.165) is 0 Å². The lowest BCUT2D eigenvalue weighted by Crippen LogP contribution is -2.48. The van der Waals surface area contributed by atoms with Crippen LogP contribution >= 0.6 is 0 Å². The van der Waals surface area contributed by atoms with Gasteiger partial charge in [0.05, 0.1) is 17.8 Å². The topological polar surface area (TPSA) is 96.2 Å². The van der Waals surface area contributed by atoms with Crippen molar-refractivity contribution >= 4 is 17.6 Å². The van der Waals surface area contributed by atoms with Crippen LogP contribution in [0.1, 0.15) is 0 Å². The van der Waals surface area contributed by atoms with Gasteiger partial charge in [-0.15, -0.1) is 0 Å². The van der Waals surface area contributed by atoms with Crippen molar-refractivity contribution in [2.75, 3.05) is 18.4 Å². The van der Waals surface area contributed by atoms with E-state index >= 15 is 0 Å². The van der Waals surface area contributed by atoms with Crippen molar-refractivity contribution in [2.24, 2.45) is 5.92 Å². The van der Waals surface area contributed by atoms with Gasteiger partial charge in [0.25, 0.3) is 0 Å². The van der Waals surface area contributed by atoms with Crippen LogP contribution in [-0.4, -0.2) is 39.9 Å². The van der Waals surface area contributed by atoms with E-state index in [1.165, 1.54) is 17.1 Å². The van der Waals surface area contributed by atoms with Crippen molar-refractivity contribution in [3.05, 3.63) is 12.4 Å². The van der Waals surface area contributed by atoms with Gasteiger partial charge >= 0.3 is 5.97 Å². The zero-order chi connectivity index (χ0) is 11.5. The van der Waals surface area contributed by atoms with Crippen LogP contribution in [0, 0.1) is 5.92 Å². The molecule has 0 spiro atoms. The Labute approximate surface area is 91.4 Å². The summed E-state index contributed by atoms with van der Waals surface area (Å²) < 4.78 is 1.26. The fourth-order valence-electron chi connectivity index (χ4n) is 1.37. The Morgan fingerprint density at radius 3 is 2.94 bits per heavy atom. The van der Waals surface area contributed by atoms with Gasteiger partial charge in [0, 0.05) is 19.3 Å². The molecule has 86 valence electrons. The van der Waals surface area contributed by atoms with E-state index in [-0.39, 0.29) is 18.4 Å². The SMILES string of the molecule is O=C(O)Cn1cc(NC(=O)C2CNC2)cn1. The van der Waals surface area contributed by atoms with Crippen LogP contribution in [0.4, 0.5) is 5.69 Å². The summed E-state index contributed by atoms with van der Waals surface area (Å²) in [7, 11) is 0. The Morgan fingerprint density at radius 2 is 2.38 bits per heavy atom. The first-order valence-electron chi connectivity index (χ1n) is 4.91. The number of carboxylic acid groups (broad SMARTS) is 1. The Hall–Kier alpha value is -1.89. The first kappa shape index (κ1) is 10.6. The molecule has 1 aromatic heterocycles. The average molecular weight is 224 g/mol. The van der Waals surface area contributed by atoms with E-state index in [1.54, 1.807) is 0 Å². The number of aromatic nitrogens is 2. The van der Waals surface area contributed by atoms with Crippen molar-refractivity contribution in [3.8, 4) is 0 Å². The first-order chi connectivity index (χ1) is 7.65. The van der Waals surface area contributed by atoms with Crippen LogP contribution in [0.25, 0.3) is 0 Å². The number of aliphatic carboxylic acids is 1. The molecule has 16 heavy (non-hydrogen) atoms. The minimum absolute atomic E-state index is 0.00261. The molecule has 0 atom stereocenters. The molecule has 1 saturated heterocycles. The fraction of sp³-hybridized carbons (Fsp3) is 0.444. The molecule has 0 unspecified atom stereocenters. The summed E-state index contributed by atoms with van der Waals surface area (Å²) in [4.78, 5) is 21.9. The maximum Gasteiger partial charge on any atom is 0.325 e. The molecular weight excluding hydrogens is 212 g/mol. The molecule has 0 bridgehead atoms. The van der Waals surface area contributed by atoms with Gasteiger partial charge in [0.1, 0.15) is 6.54 Å². The molecule has 1 aromatic rings. The molecule has 1 fully saturated rings. The molecule has 1 aliphatic rings. The van der Waals surface area contributed by atoms with Crippen molar-refractivity contribution < 1.29 is 14.7 Å². The molecule has 1 aliphatic heterocycles. The summed E-state index contributed by atoms with van der Waals surface area (Å²) in [6.07, 6.45) is 2.94. The zero-order valence-corrected chi connectivity index (χ0v) is 8.51. The Kier molecular flexibility index (Phi) is 2.86. The number of hydrogen-bond acceptors (Lipinski definition) is 4. The third-order valence-corrected chi connectivity index (χ3v) is 2.35. The number of nitrogens with zero attached hydrogens (tertiary/aromatic N) is 2. The van der Waals surface area contributed by atoms with Crippen LogP contribution in [-0.2, 0) is 16.1 Å². The molecule has 2 rings (SSSR count). The first-order valence-corrected chi connectivity index (χ1v) is 4.91. The van der Waals surface area contributed by atoms with Crippen LogP contribution in [0.15, 0.2) is 12.4 Å². The molecule has 7 nitrogen and oxygen atoms in total. The third-order valence-electron chi connectivity index (χ3n) is 2.35. The maximum absolute atomic E-state index is 11.5. The molecule has 0 radical (unpaired) electrons. The highest BCUT2D eigenvalue weighted by atomic mass is 16.4. The quantitative estimate of drug-likeness (QED) is 0.617. The number of carbonyl (C=O) groups excluding carboxylic acids is 1. The lowest BCUT2D eigenvalue weighted by Gasteiger charge is -2.25. The number of hydrogen-bond donors (Lipinski definition) is 3. The van der Waals surface area contributed by atoms with E-state index in [0.29, 0.717) is 18.8 Å². The van der Waals surface area contributed by atoms with E-state index < -0.39 is 5.97 Å². The molecule has 2 heterocycles. The highest BCUT2D eigenvalue weighted by molar-refractivity contribution is 5.93. The summed E-state index contributed by atoms with van der Waals surface area (Å²) in [5.74, 6) is -1.03. The highest BCUT2D eigenvalue weighted by Crippen LogP contribution is 2.09. The standard InChI is InChI=1S/C9H12N4O3/c14-8(15)5-13-4-7(3-11-13)12-9(16)6-1-10-2-6/h3-4,6,10H,1-2,5H2,(H,12,16)(H,14,15). The largest absolute Gasteiger partial charge is 0.480 e. The molecule has 1 amide bonds. The Bertz CT molecular complexity index is 411. The second-order valence-corrected chi connectivity index (χ2v) is 3.66. The number of carbonyl (C=O) groups is 2. The third kappa shape index (κ3) is 2.37. The van der Waals surface area contributed by atoms with Crippen LogP contribution < -0.4 is 10.6 Å². The normalized spacial score (nSPS) is 15.5. The summed E-state index contributed by atoms with van der Waals surface area (Å²) >= 11 is 0. The number of rotatable bonds is 4. The molecule has 0 aliphatic carbocycles. The molecule has 7 heteroatoms. The smallest absolute Gasteiger partial charge is 0.325 e. The second kappa shape index (κ2) is 4.31. The van der Waals surface area contributed by atoms with E-state index in [2.05, 4.69) is 15.7 Å². The van der Waals surface area contributed by atoms with Gasteiger partial charge in [-0.25, -0.2) is 0 Å². The zero-order valence-electron chi connectivity index (χ0n) is 8.51. The minimum atomic E-state index is -0.968. The Balaban J connectivity index is 1.91. The second-order valence-electron chi connectivity index (χ2n) is 3.66. The van der Waals surface area contributed by atoms with Crippen molar-refractivity contribution in [2.45, 2.75) is 6.54 Å². The summed E-state index contributed by atoms with van der Waals surface area (Å²) in [5.41, 5.74) is 0.526. The summed E-state index contributed by atoms with van der Waals surface area (Å²) in [6.45, 7) is 1.17. The summed E-state index contributed by atoms with van der Waals surface area (Å²) in [6, 6.07) is 0. The average Bonchev–Trinajstić information content (AvgIpc) is 2.47. The lowest BCUT2D eigenvalue weighted by atomic mass is 10.0. The van der Waals surface area contributed by atoms with E-state index in [1.807, 2.05) is 0 Å². The number of anilines is 1. The summed E-state index contributed by atoms with van der Waals surface area (Å²) in [5, 5.41) is 18.0. The predicted molar refractivity (Wildman–Crippen MR) is 54.9 cm³/mol. The molecular formula is C9H12N4O3. The van der Waals surface area contributed by atoms with Gasteiger partial charge in [-0.3, -0.25) is 14.3 Å². The van der Waals surface area contributed by atoms with Gasteiger partial charge in [-0.2, -0.15) is 5.10 Å². The van der Waals surface area contributed by atoms with Crippen LogP contribution in [0.3, 0.4) is 0 Å². The number of amides is 1. The monoisotopic (exact) mass is 224 g/mol. The van der Waals surface area contributed by atoms with Crippen molar-refractivity contribution in [1.82, 2.24) is 15.1 Å².